The molecule has 1 fully saturated rings. The average Bonchev–Trinajstić information content (AvgIpc) is 3.24. The number of amides is 1. The van der Waals surface area contributed by atoms with Gasteiger partial charge in [0.2, 0.25) is 11.8 Å². The molecule has 0 spiro atoms. The fraction of sp³-hybridized carbons (Fsp3) is 0.545. The minimum absolute atomic E-state index is 0.232. The maximum atomic E-state index is 13.3. The molecule has 0 saturated carbocycles. The normalized spacial score (nSPS) is 17.7. The van der Waals surface area contributed by atoms with E-state index in [1.54, 1.807) is 24.1 Å². The van der Waals surface area contributed by atoms with Gasteiger partial charge in [0.15, 0.2) is 0 Å². The molecule has 1 aliphatic rings. The van der Waals surface area contributed by atoms with E-state index in [0.717, 1.165) is 0 Å². The van der Waals surface area contributed by atoms with Gasteiger partial charge in [-0.1, -0.05) is 6.92 Å². The third-order valence-corrected chi connectivity index (χ3v) is 5.59. The first-order valence-electron chi connectivity index (χ1n) is 10.8. The average molecular weight is 462 g/mol. The van der Waals surface area contributed by atoms with Crippen molar-refractivity contribution in [2.24, 2.45) is 7.05 Å². The third-order valence-electron chi connectivity index (χ3n) is 5.59. The van der Waals surface area contributed by atoms with Gasteiger partial charge in [-0.2, -0.15) is 4.98 Å². The minimum atomic E-state index is -0.416. The van der Waals surface area contributed by atoms with Gasteiger partial charge in [-0.3, -0.25) is 9.36 Å². The lowest BCUT2D eigenvalue weighted by molar-refractivity contribution is 0.0613. The Hall–Kier alpha value is -3.34. The summed E-state index contributed by atoms with van der Waals surface area (Å²) in [6.45, 7) is 5.14. The topological polar surface area (TPSA) is 117 Å². The Kier molecular flexibility index (Phi) is 7.75. The van der Waals surface area contributed by atoms with Crippen LogP contribution < -0.4 is 20.3 Å². The Morgan fingerprint density at radius 3 is 2.52 bits per heavy atom. The van der Waals surface area contributed by atoms with Gasteiger partial charge in [0, 0.05) is 26.3 Å². The molecular weight excluding hydrogens is 430 g/mol. The molecule has 11 heteroatoms. The number of rotatable bonds is 8. The van der Waals surface area contributed by atoms with Gasteiger partial charge >= 0.3 is 6.09 Å². The fourth-order valence-corrected chi connectivity index (χ4v) is 3.91. The number of hydrogen-bond donors (Lipinski definition) is 1. The van der Waals surface area contributed by atoms with Crippen LogP contribution in [0.1, 0.15) is 19.5 Å². The Morgan fingerprint density at radius 1 is 1.15 bits per heavy atom. The molecule has 0 aromatic carbocycles. The van der Waals surface area contributed by atoms with E-state index in [1.807, 2.05) is 13.8 Å². The molecule has 0 bridgehead atoms. The van der Waals surface area contributed by atoms with Crippen molar-refractivity contribution in [1.82, 2.24) is 19.4 Å². The number of carbonyl (C=O) groups excluding carboxylic acids is 1. The predicted molar refractivity (Wildman–Crippen MR) is 122 cm³/mol. The van der Waals surface area contributed by atoms with E-state index < -0.39 is 6.09 Å². The van der Waals surface area contributed by atoms with Crippen molar-refractivity contribution in [3.05, 3.63) is 28.2 Å². The second-order valence-electron chi connectivity index (χ2n) is 7.50. The summed E-state index contributed by atoms with van der Waals surface area (Å²) >= 11 is 0. The molecule has 1 aliphatic heterocycles. The van der Waals surface area contributed by atoms with Gasteiger partial charge in [0.05, 0.1) is 51.3 Å². The van der Waals surface area contributed by atoms with E-state index in [1.165, 1.54) is 25.9 Å². The van der Waals surface area contributed by atoms with Crippen molar-refractivity contribution < 1.29 is 23.7 Å². The maximum absolute atomic E-state index is 13.3. The standard InChI is InChI=1S/C22H31N5O6/c1-7-14-19(24-15-11-27(22(29)32-6)12-16(15)33-8-2)26(3)21(28)18(23-14)13-9-10-17(30-4)25-20(13)31-5/h9-10,15-16,24H,7-8,11-12H2,1-6H3/t15-,16+/m1/s1. The second-order valence-corrected chi connectivity index (χ2v) is 7.50. The summed E-state index contributed by atoms with van der Waals surface area (Å²) in [6, 6.07) is 3.13. The Balaban J connectivity index is 2.01. The van der Waals surface area contributed by atoms with Crippen LogP contribution in [-0.4, -0.2) is 78.7 Å². The monoisotopic (exact) mass is 461 g/mol. The van der Waals surface area contributed by atoms with Crippen molar-refractivity contribution in [2.75, 3.05) is 46.3 Å². The van der Waals surface area contributed by atoms with E-state index >= 15 is 0 Å². The van der Waals surface area contributed by atoms with Crippen LogP contribution in [0.3, 0.4) is 0 Å². The second kappa shape index (κ2) is 10.5. The number of anilines is 1. The Labute approximate surface area is 192 Å². The first-order valence-corrected chi connectivity index (χ1v) is 10.8. The van der Waals surface area contributed by atoms with Gasteiger partial charge < -0.3 is 29.2 Å². The van der Waals surface area contributed by atoms with E-state index in [-0.39, 0.29) is 29.3 Å². The van der Waals surface area contributed by atoms with E-state index in [4.69, 9.17) is 18.9 Å². The molecule has 33 heavy (non-hydrogen) atoms. The molecule has 0 unspecified atom stereocenters. The number of aryl methyl sites for hydroxylation is 1. The van der Waals surface area contributed by atoms with Gasteiger partial charge in [-0.25, -0.2) is 9.78 Å². The lowest BCUT2D eigenvalue weighted by Crippen LogP contribution is -2.37. The molecule has 3 heterocycles. The highest BCUT2D eigenvalue weighted by Crippen LogP contribution is 2.29. The molecule has 0 radical (unpaired) electrons. The summed E-state index contributed by atoms with van der Waals surface area (Å²) in [5.41, 5.74) is 1.09. The lowest BCUT2D eigenvalue weighted by atomic mass is 10.1. The number of nitrogens with zero attached hydrogens (tertiary/aromatic N) is 4. The SMILES string of the molecule is CCO[C@H]1CN(C(=O)OC)C[C@H]1Nc1c(CC)nc(-c2ccc(OC)nc2OC)c(=O)n1C. The third kappa shape index (κ3) is 4.87. The maximum Gasteiger partial charge on any atom is 0.409 e. The highest BCUT2D eigenvalue weighted by atomic mass is 16.5. The summed E-state index contributed by atoms with van der Waals surface area (Å²) < 4.78 is 22.8. The van der Waals surface area contributed by atoms with Gasteiger partial charge in [0.1, 0.15) is 11.5 Å². The van der Waals surface area contributed by atoms with E-state index in [2.05, 4.69) is 15.3 Å². The molecule has 1 N–H and O–H groups in total. The molecule has 1 saturated heterocycles. The van der Waals surface area contributed by atoms with Crippen molar-refractivity contribution in [3.8, 4) is 23.0 Å². The first kappa shape index (κ1) is 24.3. The molecule has 2 atom stereocenters. The quantitative estimate of drug-likeness (QED) is 0.627. The number of pyridine rings is 1. The lowest BCUT2D eigenvalue weighted by Gasteiger charge is -2.24. The summed E-state index contributed by atoms with van der Waals surface area (Å²) in [4.78, 5) is 35.9. The molecule has 180 valence electrons. The van der Waals surface area contributed by atoms with Gasteiger partial charge in [-0.05, 0) is 19.4 Å². The van der Waals surface area contributed by atoms with Crippen molar-refractivity contribution >= 4 is 11.9 Å². The van der Waals surface area contributed by atoms with Gasteiger partial charge in [0.25, 0.3) is 5.56 Å². The van der Waals surface area contributed by atoms with Crippen LogP contribution in [0.25, 0.3) is 11.3 Å². The van der Waals surface area contributed by atoms with Crippen LogP contribution in [0, 0.1) is 0 Å². The summed E-state index contributed by atoms with van der Waals surface area (Å²) in [6.07, 6.45) is -0.0945. The molecule has 2 aromatic heterocycles. The smallest absolute Gasteiger partial charge is 0.409 e. The largest absolute Gasteiger partial charge is 0.481 e. The van der Waals surface area contributed by atoms with Crippen molar-refractivity contribution in [1.29, 1.82) is 0 Å². The molecule has 2 aromatic rings. The van der Waals surface area contributed by atoms with Crippen LogP contribution in [0.15, 0.2) is 16.9 Å². The zero-order valence-electron chi connectivity index (χ0n) is 19.9. The van der Waals surface area contributed by atoms with Crippen LogP contribution in [0.4, 0.5) is 10.6 Å². The number of likely N-dealkylation sites (tertiary alicyclic amines) is 1. The zero-order chi connectivity index (χ0) is 24.1. The van der Waals surface area contributed by atoms with E-state index in [9.17, 15) is 9.59 Å². The van der Waals surface area contributed by atoms with Crippen LogP contribution in [0.5, 0.6) is 11.8 Å². The predicted octanol–water partition coefficient (Wildman–Crippen LogP) is 1.69. The molecular formula is C22H31N5O6. The number of hydrogen-bond acceptors (Lipinski definition) is 9. The van der Waals surface area contributed by atoms with Crippen LogP contribution in [0.2, 0.25) is 0 Å². The molecule has 3 rings (SSSR count). The minimum Gasteiger partial charge on any atom is -0.481 e. The van der Waals surface area contributed by atoms with Crippen LogP contribution in [-0.2, 0) is 22.9 Å². The van der Waals surface area contributed by atoms with Crippen molar-refractivity contribution in [2.45, 2.75) is 32.4 Å². The van der Waals surface area contributed by atoms with E-state index in [0.29, 0.717) is 49.1 Å². The molecule has 0 aliphatic carbocycles. The summed E-state index contributed by atoms with van der Waals surface area (Å²) in [5, 5.41) is 3.40. The number of nitrogens with one attached hydrogen (secondary N) is 1. The zero-order valence-corrected chi connectivity index (χ0v) is 19.9. The van der Waals surface area contributed by atoms with Gasteiger partial charge in [-0.15, -0.1) is 0 Å². The first-order chi connectivity index (χ1) is 15.9. The highest BCUT2D eigenvalue weighted by molar-refractivity contribution is 5.68. The Morgan fingerprint density at radius 2 is 1.91 bits per heavy atom. The number of methoxy groups -OCH3 is 3. The molecule has 11 nitrogen and oxygen atoms in total. The number of carbonyl (C=O) groups is 1. The number of aromatic nitrogens is 3. The van der Waals surface area contributed by atoms with Crippen molar-refractivity contribution in [3.63, 3.8) is 0 Å². The number of ether oxygens (including phenoxy) is 4. The Bertz CT molecular complexity index is 1060. The summed E-state index contributed by atoms with van der Waals surface area (Å²) in [5.74, 6) is 1.20. The summed E-state index contributed by atoms with van der Waals surface area (Å²) in [7, 11) is 6.02. The fourth-order valence-electron chi connectivity index (χ4n) is 3.91. The van der Waals surface area contributed by atoms with Crippen LogP contribution >= 0.6 is 0 Å². The molecule has 1 amide bonds. The highest BCUT2D eigenvalue weighted by Gasteiger charge is 2.37.